The van der Waals surface area contributed by atoms with Crippen LogP contribution in [0.4, 0.5) is 0 Å². The number of nitriles is 1. The van der Waals surface area contributed by atoms with Crippen molar-refractivity contribution < 1.29 is 19.5 Å². The summed E-state index contributed by atoms with van der Waals surface area (Å²) in [6, 6.07) is 1.55. The van der Waals surface area contributed by atoms with Gasteiger partial charge < -0.3 is 5.11 Å². The van der Waals surface area contributed by atoms with Crippen LogP contribution in [-0.2, 0) is 4.79 Å². The van der Waals surface area contributed by atoms with E-state index in [2.05, 4.69) is 0 Å². The minimum Gasteiger partial charge on any atom is -0.478 e. The molecule has 0 radical (unpaired) electrons. The molecule has 0 aromatic heterocycles. The number of halogens is 4. The molecule has 1 aromatic rings. The van der Waals surface area contributed by atoms with Crippen molar-refractivity contribution in [2.75, 3.05) is 0 Å². The lowest BCUT2D eigenvalue weighted by atomic mass is 10.1. The van der Waals surface area contributed by atoms with Crippen LogP contribution < -0.4 is 10.9 Å². The van der Waals surface area contributed by atoms with Crippen molar-refractivity contribution in [3.8, 4) is 6.07 Å². The highest BCUT2D eigenvalue weighted by Crippen LogP contribution is 2.41. The van der Waals surface area contributed by atoms with Crippen molar-refractivity contribution in [2.24, 2.45) is 0 Å². The first kappa shape index (κ1) is 18.3. The van der Waals surface area contributed by atoms with Gasteiger partial charge in [-0.25, -0.2) is 4.79 Å². The fourth-order valence-electron chi connectivity index (χ4n) is 1.35. The van der Waals surface area contributed by atoms with Crippen LogP contribution in [-0.4, -0.2) is 22.9 Å². The fraction of sp³-hybridized carbons (Fsp3) is 0.0909. The van der Waals surface area contributed by atoms with Gasteiger partial charge in [-0.2, -0.15) is 5.26 Å². The molecular formula is C11H5Cl4N3O4. The van der Waals surface area contributed by atoms with Gasteiger partial charge in [0.25, 0.3) is 11.8 Å². The SMILES string of the molecule is N#CCC(=O)NNC(=O)c1c(Cl)c(Cl)c(Cl)c(Cl)c1C(=O)O. The van der Waals surface area contributed by atoms with Crippen molar-refractivity contribution in [3.63, 3.8) is 0 Å². The molecule has 7 nitrogen and oxygen atoms in total. The fourth-order valence-corrected chi connectivity index (χ4v) is 2.37. The third kappa shape index (κ3) is 3.72. The second-order valence-electron chi connectivity index (χ2n) is 3.65. The number of hydrazine groups is 1. The lowest BCUT2D eigenvalue weighted by Crippen LogP contribution is -2.42. The topological polar surface area (TPSA) is 119 Å². The summed E-state index contributed by atoms with van der Waals surface area (Å²) in [6.45, 7) is 0. The molecule has 0 aliphatic heterocycles. The van der Waals surface area contributed by atoms with E-state index in [0.29, 0.717) is 0 Å². The number of benzene rings is 1. The molecule has 0 heterocycles. The number of nitrogens with zero attached hydrogens (tertiary/aromatic N) is 1. The number of carbonyl (C=O) groups excluding carboxylic acids is 2. The maximum absolute atomic E-state index is 12.0. The Labute approximate surface area is 143 Å². The van der Waals surface area contributed by atoms with Crippen LogP contribution in [0.25, 0.3) is 0 Å². The number of carboxylic acid groups (broad SMARTS) is 1. The molecule has 0 atom stereocenters. The van der Waals surface area contributed by atoms with Gasteiger partial charge in [0.15, 0.2) is 0 Å². The summed E-state index contributed by atoms with van der Waals surface area (Å²) in [7, 11) is 0. The summed E-state index contributed by atoms with van der Waals surface area (Å²) in [5, 5.41) is 15.9. The molecule has 0 aliphatic carbocycles. The van der Waals surface area contributed by atoms with E-state index < -0.39 is 45.4 Å². The molecule has 0 bridgehead atoms. The molecular weight excluding hydrogens is 380 g/mol. The molecule has 0 aliphatic rings. The highest BCUT2D eigenvalue weighted by molar-refractivity contribution is 6.54. The first-order valence-corrected chi connectivity index (χ1v) is 6.78. The second kappa shape index (κ2) is 7.51. The van der Waals surface area contributed by atoms with Crippen LogP contribution in [0.5, 0.6) is 0 Å². The van der Waals surface area contributed by atoms with E-state index in [0.717, 1.165) is 0 Å². The van der Waals surface area contributed by atoms with Crippen LogP contribution in [0.2, 0.25) is 20.1 Å². The zero-order chi connectivity index (χ0) is 17.0. The smallest absolute Gasteiger partial charge is 0.338 e. The quantitative estimate of drug-likeness (QED) is 0.420. The Hall–Kier alpha value is -1.72. The highest BCUT2D eigenvalue weighted by Gasteiger charge is 2.28. The van der Waals surface area contributed by atoms with E-state index in [1.807, 2.05) is 10.9 Å². The average Bonchev–Trinajstić information content (AvgIpc) is 2.46. The second-order valence-corrected chi connectivity index (χ2v) is 5.16. The van der Waals surface area contributed by atoms with Crippen LogP contribution in [0, 0.1) is 11.3 Å². The molecule has 0 saturated carbocycles. The van der Waals surface area contributed by atoms with E-state index in [1.54, 1.807) is 6.07 Å². The molecule has 11 heteroatoms. The van der Waals surface area contributed by atoms with Gasteiger partial charge in [-0.05, 0) is 0 Å². The molecule has 116 valence electrons. The van der Waals surface area contributed by atoms with Crippen LogP contribution in [0.3, 0.4) is 0 Å². The van der Waals surface area contributed by atoms with Gasteiger partial charge >= 0.3 is 5.97 Å². The predicted octanol–water partition coefficient (Wildman–Crippen LogP) is 2.67. The van der Waals surface area contributed by atoms with Crippen LogP contribution in [0.15, 0.2) is 0 Å². The Morgan fingerprint density at radius 3 is 1.91 bits per heavy atom. The molecule has 0 saturated heterocycles. The summed E-state index contributed by atoms with van der Waals surface area (Å²) in [4.78, 5) is 34.3. The van der Waals surface area contributed by atoms with E-state index in [-0.39, 0.29) is 10.0 Å². The Morgan fingerprint density at radius 1 is 0.955 bits per heavy atom. The number of amides is 2. The van der Waals surface area contributed by atoms with Gasteiger partial charge in [-0.3, -0.25) is 20.4 Å². The molecule has 0 spiro atoms. The molecule has 2 amide bonds. The van der Waals surface area contributed by atoms with Crippen molar-refractivity contribution in [3.05, 3.63) is 31.2 Å². The van der Waals surface area contributed by atoms with Gasteiger partial charge in [0.05, 0.1) is 37.3 Å². The molecule has 3 N–H and O–H groups in total. The standard InChI is InChI=1S/C11H5Cl4N3O4/c12-6-4(10(20)18-17-3(19)1-2-16)5(11(21)22)7(13)9(15)8(6)14/h1H2,(H,17,19)(H,18,20)(H,21,22). The lowest BCUT2D eigenvalue weighted by Gasteiger charge is -2.14. The minimum atomic E-state index is -1.57. The predicted molar refractivity (Wildman–Crippen MR) is 79.3 cm³/mol. The number of carboxylic acids is 1. The summed E-state index contributed by atoms with van der Waals surface area (Å²) in [5.74, 6) is -3.47. The van der Waals surface area contributed by atoms with Gasteiger partial charge in [-0.1, -0.05) is 46.4 Å². The zero-order valence-electron chi connectivity index (χ0n) is 10.3. The largest absolute Gasteiger partial charge is 0.478 e. The van der Waals surface area contributed by atoms with Gasteiger partial charge in [0.2, 0.25) is 0 Å². The molecule has 1 rings (SSSR count). The average molecular weight is 385 g/mol. The summed E-state index contributed by atoms with van der Waals surface area (Å²) in [5.41, 5.74) is 2.54. The molecule has 0 fully saturated rings. The Bertz CT molecular complexity index is 715. The zero-order valence-corrected chi connectivity index (χ0v) is 13.4. The summed E-state index contributed by atoms with van der Waals surface area (Å²) >= 11 is 23.1. The van der Waals surface area contributed by atoms with Gasteiger partial charge in [0.1, 0.15) is 6.42 Å². The van der Waals surface area contributed by atoms with E-state index in [1.165, 1.54) is 0 Å². The molecule has 22 heavy (non-hydrogen) atoms. The van der Waals surface area contributed by atoms with Gasteiger partial charge in [-0.15, -0.1) is 0 Å². The molecule has 0 unspecified atom stereocenters. The normalized spacial score (nSPS) is 9.77. The Balaban J connectivity index is 3.29. The number of hydrogen-bond donors (Lipinski definition) is 3. The first-order valence-electron chi connectivity index (χ1n) is 5.27. The van der Waals surface area contributed by atoms with Gasteiger partial charge in [0, 0.05) is 0 Å². The number of hydrogen-bond acceptors (Lipinski definition) is 4. The summed E-state index contributed by atoms with van der Waals surface area (Å²) in [6.07, 6.45) is -0.512. The van der Waals surface area contributed by atoms with Crippen molar-refractivity contribution in [2.45, 2.75) is 6.42 Å². The minimum absolute atomic E-state index is 0.313. The van der Waals surface area contributed by atoms with E-state index >= 15 is 0 Å². The van der Waals surface area contributed by atoms with Crippen LogP contribution >= 0.6 is 46.4 Å². The van der Waals surface area contributed by atoms with Crippen molar-refractivity contribution in [1.29, 1.82) is 5.26 Å². The van der Waals surface area contributed by atoms with Crippen molar-refractivity contribution >= 4 is 64.2 Å². The van der Waals surface area contributed by atoms with E-state index in [9.17, 15) is 14.4 Å². The third-order valence-electron chi connectivity index (χ3n) is 2.26. The maximum atomic E-state index is 12.0. The maximum Gasteiger partial charge on any atom is 0.338 e. The number of nitrogens with one attached hydrogen (secondary N) is 2. The Kier molecular flexibility index (Phi) is 6.26. The number of rotatable bonds is 3. The highest BCUT2D eigenvalue weighted by atomic mass is 35.5. The summed E-state index contributed by atoms with van der Waals surface area (Å²) < 4.78 is 0. The van der Waals surface area contributed by atoms with E-state index in [4.69, 9.17) is 56.8 Å². The lowest BCUT2D eigenvalue weighted by molar-refractivity contribution is -0.120. The monoisotopic (exact) mass is 383 g/mol. The first-order chi connectivity index (χ1) is 10.2. The number of carbonyl (C=O) groups is 3. The molecule has 1 aromatic carbocycles. The number of aromatic carboxylic acids is 1. The van der Waals surface area contributed by atoms with Crippen LogP contribution in [0.1, 0.15) is 27.1 Å². The Morgan fingerprint density at radius 2 is 1.45 bits per heavy atom. The third-order valence-corrected chi connectivity index (χ3v) is 4.07. The van der Waals surface area contributed by atoms with Crippen molar-refractivity contribution in [1.82, 2.24) is 10.9 Å².